The maximum atomic E-state index is 10.7. The standard InChI is InChI=1S/C22H24O4S/c1-24-22(16-2-3-19(20(23)11-16)15-4-5-27-12-15)21(25-26-22)17-7-13-6-14(9-17)10-18(21)8-13/h2-5,11-14,17-18,23H,6-10H2,1H3. The lowest BCUT2D eigenvalue weighted by atomic mass is 9.47. The van der Waals surface area contributed by atoms with Crippen LogP contribution in [-0.4, -0.2) is 17.8 Å². The molecule has 0 amide bonds. The lowest BCUT2D eigenvalue weighted by molar-refractivity contribution is -0.645. The summed E-state index contributed by atoms with van der Waals surface area (Å²) in [4.78, 5) is 11.8. The van der Waals surface area contributed by atoms with Crippen LogP contribution in [0.4, 0.5) is 0 Å². The van der Waals surface area contributed by atoms with Crippen LogP contribution in [0.5, 0.6) is 5.75 Å². The monoisotopic (exact) mass is 384 g/mol. The number of thiophene rings is 1. The second kappa shape index (κ2) is 5.57. The number of phenolic OH excluding ortho intramolecular Hbond substituents is 1. The highest BCUT2D eigenvalue weighted by Crippen LogP contribution is 2.69. The zero-order chi connectivity index (χ0) is 18.2. The van der Waals surface area contributed by atoms with Crippen molar-refractivity contribution in [3.63, 3.8) is 0 Å². The lowest BCUT2D eigenvalue weighted by Gasteiger charge is -2.68. The van der Waals surface area contributed by atoms with Crippen LogP contribution in [0.15, 0.2) is 35.0 Å². The first-order valence-corrected chi connectivity index (χ1v) is 10.9. The summed E-state index contributed by atoms with van der Waals surface area (Å²) in [5.41, 5.74) is 2.32. The van der Waals surface area contributed by atoms with Crippen molar-refractivity contribution in [2.75, 3.05) is 7.11 Å². The van der Waals surface area contributed by atoms with E-state index < -0.39 is 11.4 Å². The largest absolute Gasteiger partial charge is 0.507 e. The molecule has 2 heterocycles. The number of hydrogen-bond acceptors (Lipinski definition) is 5. The van der Waals surface area contributed by atoms with Crippen molar-refractivity contribution in [2.45, 2.75) is 43.5 Å². The second-order valence-electron chi connectivity index (χ2n) is 8.83. The molecule has 4 aliphatic carbocycles. The van der Waals surface area contributed by atoms with Gasteiger partial charge in [0.15, 0.2) is 5.60 Å². The zero-order valence-electron chi connectivity index (χ0n) is 15.4. The van der Waals surface area contributed by atoms with Gasteiger partial charge in [0.2, 0.25) is 0 Å². The highest BCUT2D eigenvalue weighted by Gasteiger charge is 2.76. The van der Waals surface area contributed by atoms with Crippen LogP contribution in [-0.2, 0) is 20.3 Å². The number of rotatable bonds is 3. The third-order valence-corrected chi connectivity index (χ3v) is 8.34. The minimum atomic E-state index is -0.916. The predicted molar refractivity (Wildman–Crippen MR) is 102 cm³/mol. The summed E-state index contributed by atoms with van der Waals surface area (Å²) in [7, 11) is 1.71. The molecular weight excluding hydrogens is 360 g/mol. The molecule has 1 N–H and O–H groups in total. The van der Waals surface area contributed by atoms with E-state index in [1.54, 1.807) is 18.4 Å². The minimum Gasteiger partial charge on any atom is -0.507 e. The van der Waals surface area contributed by atoms with Gasteiger partial charge in [-0.25, -0.2) is 4.89 Å². The molecule has 5 fully saturated rings. The normalized spacial score (nSPS) is 41.8. The fourth-order valence-corrected chi connectivity index (χ4v) is 7.41. The van der Waals surface area contributed by atoms with Gasteiger partial charge in [-0.05, 0) is 84.2 Å². The van der Waals surface area contributed by atoms with Crippen molar-refractivity contribution in [3.05, 3.63) is 40.6 Å². The van der Waals surface area contributed by atoms with E-state index in [9.17, 15) is 5.11 Å². The van der Waals surface area contributed by atoms with Crippen molar-refractivity contribution in [1.29, 1.82) is 0 Å². The Labute approximate surface area is 163 Å². The average molecular weight is 384 g/mol. The van der Waals surface area contributed by atoms with Gasteiger partial charge in [-0.1, -0.05) is 12.1 Å². The molecule has 1 unspecified atom stereocenters. The maximum absolute atomic E-state index is 10.7. The number of phenols is 1. The molecule has 1 aromatic carbocycles. The minimum absolute atomic E-state index is 0.261. The van der Waals surface area contributed by atoms with Crippen LogP contribution in [0, 0.1) is 23.7 Å². The molecule has 142 valence electrons. The maximum Gasteiger partial charge on any atom is 0.260 e. The first-order chi connectivity index (χ1) is 13.2. The van der Waals surface area contributed by atoms with Gasteiger partial charge in [0.1, 0.15) is 5.75 Å². The Morgan fingerprint density at radius 3 is 2.30 bits per heavy atom. The lowest BCUT2D eigenvalue weighted by Crippen LogP contribution is -2.76. The summed E-state index contributed by atoms with van der Waals surface area (Å²) < 4.78 is 6.07. The van der Waals surface area contributed by atoms with Crippen LogP contribution in [0.3, 0.4) is 0 Å². The third kappa shape index (κ3) is 1.98. The molecule has 1 spiro atoms. The smallest absolute Gasteiger partial charge is 0.260 e. The molecule has 4 nitrogen and oxygen atoms in total. The molecule has 5 aliphatic rings. The van der Waals surface area contributed by atoms with Crippen molar-refractivity contribution in [3.8, 4) is 16.9 Å². The summed E-state index contributed by atoms with van der Waals surface area (Å²) in [5.74, 6) is 1.97. The van der Waals surface area contributed by atoms with E-state index >= 15 is 0 Å². The Morgan fingerprint density at radius 2 is 1.78 bits per heavy atom. The quantitative estimate of drug-likeness (QED) is 0.750. The molecule has 1 atom stereocenters. The van der Waals surface area contributed by atoms with Gasteiger partial charge in [0, 0.05) is 18.2 Å². The summed E-state index contributed by atoms with van der Waals surface area (Å²) in [6, 6.07) is 7.84. The van der Waals surface area contributed by atoms with Gasteiger partial charge in [-0.3, -0.25) is 0 Å². The van der Waals surface area contributed by atoms with E-state index in [0.29, 0.717) is 11.8 Å². The van der Waals surface area contributed by atoms with Crippen molar-refractivity contribution in [1.82, 2.24) is 0 Å². The Balaban J connectivity index is 1.43. The number of benzene rings is 1. The van der Waals surface area contributed by atoms with Gasteiger partial charge in [0.05, 0.1) is 0 Å². The molecule has 4 bridgehead atoms. The molecule has 5 heteroatoms. The first kappa shape index (κ1) is 16.5. The fraction of sp³-hybridized carbons (Fsp3) is 0.545. The Kier molecular flexibility index (Phi) is 3.41. The molecule has 27 heavy (non-hydrogen) atoms. The van der Waals surface area contributed by atoms with E-state index in [1.165, 1.54) is 32.1 Å². The number of aromatic hydroxyl groups is 1. The van der Waals surface area contributed by atoms with Crippen LogP contribution >= 0.6 is 11.3 Å². The van der Waals surface area contributed by atoms with Gasteiger partial charge in [-0.15, -0.1) is 0 Å². The van der Waals surface area contributed by atoms with Crippen molar-refractivity contribution < 1.29 is 19.6 Å². The van der Waals surface area contributed by atoms with Gasteiger partial charge < -0.3 is 9.84 Å². The first-order valence-electron chi connectivity index (χ1n) is 9.94. The number of methoxy groups -OCH3 is 1. The zero-order valence-corrected chi connectivity index (χ0v) is 16.2. The Morgan fingerprint density at radius 1 is 1.04 bits per heavy atom. The molecular formula is C22H24O4S. The van der Waals surface area contributed by atoms with Crippen LogP contribution in [0.25, 0.3) is 11.1 Å². The summed E-state index contributed by atoms with van der Waals surface area (Å²) in [5, 5.41) is 14.8. The van der Waals surface area contributed by atoms with E-state index in [4.69, 9.17) is 14.5 Å². The summed E-state index contributed by atoms with van der Waals surface area (Å²) >= 11 is 1.63. The Bertz CT molecular complexity index is 844. The molecule has 2 aromatic rings. The van der Waals surface area contributed by atoms with Gasteiger partial charge >= 0.3 is 0 Å². The van der Waals surface area contributed by atoms with Crippen LogP contribution in [0.2, 0.25) is 0 Å². The highest BCUT2D eigenvalue weighted by atomic mass is 32.1. The number of hydrogen-bond donors (Lipinski definition) is 1. The summed E-state index contributed by atoms with van der Waals surface area (Å²) in [6.07, 6.45) is 6.22. The molecule has 0 radical (unpaired) electrons. The SMILES string of the molecule is COC1(c2ccc(-c3ccsc3)c(O)c2)OOC12C1CC3CC(C1)CC2C3. The molecule has 1 saturated heterocycles. The van der Waals surface area contributed by atoms with Crippen LogP contribution in [0.1, 0.15) is 37.7 Å². The fourth-order valence-electron chi connectivity index (χ4n) is 6.75. The van der Waals surface area contributed by atoms with Crippen LogP contribution < -0.4 is 0 Å². The average Bonchev–Trinajstić information content (AvgIpc) is 3.15. The molecule has 1 aromatic heterocycles. The van der Waals surface area contributed by atoms with E-state index in [-0.39, 0.29) is 5.75 Å². The van der Waals surface area contributed by atoms with E-state index in [1.807, 2.05) is 35.0 Å². The van der Waals surface area contributed by atoms with Gasteiger partial charge in [0.25, 0.3) is 5.79 Å². The third-order valence-electron chi connectivity index (χ3n) is 7.66. The summed E-state index contributed by atoms with van der Waals surface area (Å²) in [6.45, 7) is 0. The van der Waals surface area contributed by atoms with E-state index in [0.717, 1.165) is 28.5 Å². The van der Waals surface area contributed by atoms with Gasteiger partial charge in [-0.2, -0.15) is 16.2 Å². The Hall–Kier alpha value is -1.40. The second-order valence-corrected chi connectivity index (χ2v) is 9.61. The highest BCUT2D eigenvalue weighted by molar-refractivity contribution is 7.08. The number of ether oxygens (including phenoxy) is 1. The molecule has 4 saturated carbocycles. The topological polar surface area (TPSA) is 47.9 Å². The molecule has 7 rings (SSSR count). The van der Waals surface area contributed by atoms with Crippen molar-refractivity contribution >= 4 is 11.3 Å². The predicted octanol–water partition coefficient (Wildman–Crippen LogP) is 5.08. The van der Waals surface area contributed by atoms with E-state index in [2.05, 4.69) is 0 Å². The molecule has 1 aliphatic heterocycles. The van der Waals surface area contributed by atoms with Crippen molar-refractivity contribution in [2.24, 2.45) is 23.7 Å².